The third-order valence-electron chi connectivity index (χ3n) is 2.20. The summed E-state index contributed by atoms with van der Waals surface area (Å²) in [5, 5.41) is 1.53. The molecule has 2 N–H and O–H groups in total. The van der Waals surface area contributed by atoms with Crippen LogP contribution in [0.1, 0.15) is 10.5 Å². The van der Waals surface area contributed by atoms with Gasteiger partial charge in [0, 0.05) is 6.20 Å². The van der Waals surface area contributed by atoms with Crippen molar-refractivity contribution in [2.45, 2.75) is 10.1 Å². The van der Waals surface area contributed by atoms with Gasteiger partial charge in [-0.2, -0.15) is 0 Å². The van der Waals surface area contributed by atoms with E-state index in [1.807, 2.05) is 0 Å². The SMILES string of the molecule is COC(=O)c1ccc(N)c(Sc2ncccc2Cl)n1. The number of carbonyl (C=O) groups excluding carboxylic acids is 1. The lowest BCUT2D eigenvalue weighted by Crippen LogP contribution is -2.06. The largest absolute Gasteiger partial charge is 0.464 e. The number of carbonyl (C=O) groups is 1. The number of methoxy groups -OCH3 is 1. The van der Waals surface area contributed by atoms with Crippen LogP contribution in [0, 0.1) is 0 Å². The maximum atomic E-state index is 11.4. The Morgan fingerprint density at radius 1 is 1.37 bits per heavy atom. The number of anilines is 1. The van der Waals surface area contributed by atoms with Crippen LogP contribution in [0.25, 0.3) is 0 Å². The molecule has 0 radical (unpaired) electrons. The van der Waals surface area contributed by atoms with E-state index in [0.717, 1.165) is 0 Å². The molecule has 0 aliphatic rings. The number of hydrogen-bond donors (Lipinski definition) is 1. The predicted molar refractivity (Wildman–Crippen MR) is 73.4 cm³/mol. The number of esters is 1. The molecule has 5 nitrogen and oxygen atoms in total. The van der Waals surface area contributed by atoms with Crippen molar-refractivity contribution in [2.75, 3.05) is 12.8 Å². The Hall–Kier alpha value is -1.79. The minimum Gasteiger partial charge on any atom is -0.464 e. The van der Waals surface area contributed by atoms with Crippen LogP contribution in [0.3, 0.4) is 0 Å². The van der Waals surface area contributed by atoms with Gasteiger partial charge in [0.05, 0.1) is 17.8 Å². The van der Waals surface area contributed by atoms with Gasteiger partial charge in [0.1, 0.15) is 15.7 Å². The van der Waals surface area contributed by atoms with E-state index >= 15 is 0 Å². The molecule has 0 aliphatic carbocycles. The molecule has 0 spiro atoms. The number of aromatic nitrogens is 2. The molecule has 2 rings (SSSR count). The number of nitrogen functional groups attached to an aromatic ring is 1. The van der Waals surface area contributed by atoms with E-state index in [1.165, 1.54) is 24.9 Å². The number of halogens is 1. The highest BCUT2D eigenvalue weighted by Crippen LogP contribution is 2.33. The van der Waals surface area contributed by atoms with Gasteiger partial charge in [-0.15, -0.1) is 0 Å². The molecule has 0 bridgehead atoms. The third-order valence-corrected chi connectivity index (χ3v) is 3.66. The van der Waals surface area contributed by atoms with Crippen molar-refractivity contribution >= 4 is 35.0 Å². The first-order chi connectivity index (χ1) is 9.11. The molecule has 0 saturated heterocycles. The van der Waals surface area contributed by atoms with Crippen LogP contribution in [-0.4, -0.2) is 23.0 Å². The molecule has 2 heterocycles. The Balaban J connectivity index is 2.34. The van der Waals surface area contributed by atoms with Gasteiger partial charge in [-0.25, -0.2) is 14.8 Å². The molecule has 0 aromatic carbocycles. The van der Waals surface area contributed by atoms with Gasteiger partial charge in [0.15, 0.2) is 0 Å². The number of nitrogens with zero attached hydrogens (tertiary/aromatic N) is 2. The Kier molecular flexibility index (Phi) is 4.24. The van der Waals surface area contributed by atoms with E-state index in [4.69, 9.17) is 17.3 Å². The van der Waals surface area contributed by atoms with Crippen molar-refractivity contribution in [1.29, 1.82) is 0 Å². The van der Waals surface area contributed by atoms with Crippen molar-refractivity contribution in [3.63, 3.8) is 0 Å². The second-order valence-electron chi connectivity index (χ2n) is 3.47. The highest BCUT2D eigenvalue weighted by molar-refractivity contribution is 7.99. The van der Waals surface area contributed by atoms with Gasteiger partial charge in [0.2, 0.25) is 0 Å². The third kappa shape index (κ3) is 3.15. The maximum absolute atomic E-state index is 11.4. The number of nitrogens with two attached hydrogens (primary N) is 1. The smallest absolute Gasteiger partial charge is 0.356 e. The molecule has 2 aromatic rings. The summed E-state index contributed by atoms with van der Waals surface area (Å²) in [4.78, 5) is 19.7. The molecular weight excluding hydrogens is 286 g/mol. The van der Waals surface area contributed by atoms with Crippen molar-refractivity contribution in [3.8, 4) is 0 Å². The molecule has 0 fully saturated rings. The van der Waals surface area contributed by atoms with E-state index < -0.39 is 5.97 Å². The quantitative estimate of drug-likeness (QED) is 0.877. The normalized spacial score (nSPS) is 10.2. The molecule has 0 amide bonds. The lowest BCUT2D eigenvalue weighted by Gasteiger charge is -2.06. The Labute approximate surface area is 119 Å². The van der Waals surface area contributed by atoms with Crippen molar-refractivity contribution < 1.29 is 9.53 Å². The lowest BCUT2D eigenvalue weighted by molar-refractivity contribution is 0.0593. The molecule has 0 unspecified atom stereocenters. The zero-order chi connectivity index (χ0) is 13.8. The van der Waals surface area contributed by atoms with Crippen LogP contribution >= 0.6 is 23.4 Å². The van der Waals surface area contributed by atoms with E-state index in [2.05, 4.69) is 14.7 Å². The Morgan fingerprint density at radius 3 is 2.84 bits per heavy atom. The molecule has 2 aromatic heterocycles. The summed E-state index contributed by atoms with van der Waals surface area (Å²) in [7, 11) is 1.29. The van der Waals surface area contributed by atoms with E-state index in [0.29, 0.717) is 20.8 Å². The lowest BCUT2D eigenvalue weighted by atomic mass is 10.3. The van der Waals surface area contributed by atoms with Crippen LogP contribution in [0.4, 0.5) is 5.69 Å². The summed E-state index contributed by atoms with van der Waals surface area (Å²) in [6.45, 7) is 0. The monoisotopic (exact) mass is 295 g/mol. The van der Waals surface area contributed by atoms with E-state index in [9.17, 15) is 4.79 Å². The van der Waals surface area contributed by atoms with Crippen LogP contribution in [-0.2, 0) is 4.74 Å². The molecule has 0 aliphatic heterocycles. The number of ether oxygens (including phenoxy) is 1. The van der Waals surface area contributed by atoms with Gasteiger partial charge in [-0.05, 0) is 36.0 Å². The zero-order valence-corrected chi connectivity index (χ0v) is 11.5. The molecule has 0 saturated carbocycles. The average Bonchev–Trinajstić information content (AvgIpc) is 2.42. The molecule has 98 valence electrons. The molecule has 0 atom stereocenters. The summed E-state index contributed by atoms with van der Waals surface area (Å²) in [5.41, 5.74) is 6.45. The van der Waals surface area contributed by atoms with Gasteiger partial charge in [-0.3, -0.25) is 0 Å². The van der Waals surface area contributed by atoms with Gasteiger partial charge in [0.25, 0.3) is 0 Å². The van der Waals surface area contributed by atoms with E-state index in [-0.39, 0.29) is 5.69 Å². The van der Waals surface area contributed by atoms with Crippen LogP contribution in [0.5, 0.6) is 0 Å². The minimum absolute atomic E-state index is 0.186. The van der Waals surface area contributed by atoms with Crippen LogP contribution in [0.15, 0.2) is 40.5 Å². The summed E-state index contributed by atoms with van der Waals surface area (Å²) in [6.07, 6.45) is 1.62. The molecular formula is C12H10ClN3O2S. The Bertz CT molecular complexity index is 622. The zero-order valence-electron chi connectivity index (χ0n) is 9.96. The minimum atomic E-state index is -0.519. The first kappa shape index (κ1) is 13.6. The summed E-state index contributed by atoms with van der Waals surface area (Å²) < 4.78 is 4.61. The Morgan fingerprint density at radius 2 is 2.16 bits per heavy atom. The topological polar surface area (TPSA) is 78.1 Å². The average molecular weight is 296 g/mol. The molecule has 7 heteroatoms. The van der Waals surface area contributed by atoms with Gasteiger partial charge < -0.3 is 10.5 Å². The van der Waals surface area contributed by atoms with Crippen LogP contribution in [0.2, 0.25) is 5.02 Å². The van der Waals surface area contributed by atoms with E-state index in [1.54, 1.807) is 24.4 Å². The van der Waals surface area contributed by atoms with Crippen molar-refractivity contribution in [1.82, 2.24) is 9.97 Å². The fourth-order valence-electron chi connectivity index (χ4n) is 1.29. The fraction of sp³-hybridized carbons (Fsp3) is 0.0833. The van der Waals surface area contributed by atoms with Gasteiger partial charge in [-0.1, -0.05) is 11.6 Å². The van der Waals surface area contributed by atoms with Crippen molar-refractivity contribution in [2.24, 2.45) is 0 Å². The summed E-state index contributed by atoms with van der Waals surface area (Å²) in [5.74, 6) is -0.519. The van der Waals surface area contributed by atoms with Gasteiger partial charge >= 0.3 is 5.97 Å². The first-order valence-corrected chi connectivity index (χ1v) is 6.44. The maximum Gasteiger partial charge on any atom is 0.356 e. The predicted octanol–water partition coefficient (Wildman–Crippen LogP) is 2.65. The first-order valence-electron chi connectivity index (χ1n) is 5.25. The van der Waals surface area contributed by atoms with Crippen LogP contribution < -0.4 is 5.73 Å². The second-order valence-corrected chi connectivity index (χ2v) is 4.86. The second kappa shape index (κ2) is 5.90. The van der Waals surface area contributed by atoms with Crippen molar-refractivity contribution in [3.05, 3.63) is 41.2 Å². The number of hydrogen-bond acceptors (Lipinski definition) is 6. The number of rotatable bonds is 3. The standard InChI is InChI=1S/C12H10ClN3O2S/c1-18-12(17)9-5-4-8(14)11(16-9)19-10-7(13)3-2-6-15-10/h2-6H,14H2,1H3. The summed E-state index contributed by atoms with van der Waals surface area (Å²) >= 11 is 7.21. The highest BCUT2D eigenvalue weighted by Gasteiger charge is 2.13. The molecule has 19 heavy (non-hydrogen) atoms. The highest BCUT2D eigenvalue weighted by atomic mass is 35.5. The number of pyridine rings is 2. The summed E-state index contributed by atoms with van der Waals surface area (Å²) in [6, 6.07) is 6.55. The fourth-order valence-corrected chi connectivity index (χ4v) is 2.32.